The highest BCUT2D eigenvalue weighted by atomic mass is 35.5. The van der Waals surface area contributed by atoms with Crippen LogP contribution in [0.25, 0.3) is 0 Å². The number of carbonyl (C=O) groups excluding carboxylic acids is 2. The van der Waals surface area contributed by atoms with Crippen molar-refractivity contribution in [3.05, 3.63) is 34.9 Å². The first kappa shape index (κ1) is 18.2. The Balaban J connectivity index is 1.48. The molecule has 25 heavy (non-hydrogen) atoms. The molecule has 0 spiro atoms. The first-order valence-corrected chi connectivity index (χ1v) is 9.82. The van der Waals surface area contributed by atoms with E-state index in [9.17, 15) is 9.59 Å². The van der Waals surface area contributed by atoms with Gasteiger partial charge in [0.05, 0.1) is 6.42 Å². The van der Waals surface area contributed by atoms with E-state index in [2.05, 4.69) is 4.90 Å². The van der Waals surface area contributed by atoms with Crippen LogP contribution in [0.5, 0.6) is 0 Å². The van der Waals surface area contributed by atoms with Gasteiger partial charge < -0.3 is 9.80 Å². The summed E-state index contributed by atoms with van der Waals surface area (Å²) < 4.78 is 0. The smallest absolute Gasteiger partial charge is 0.226 e. The van der Waals surface area contributed by atoms with Crippen molar-refractivity contribution in [2.24, 2.45) is 5.92 Å². The van der Waals surface area contributed by atoms with Crippen molar-refractivity contribution in [3.63, 3.8) is 0 Å². The van der Waals surface area contributed by atoms with Crippen LogP contribution >= 0.6 is 11.6 Å². The molecule has 2 aliphatic heterocycles. The van der Waals surface area contributed by atoms with Crippen molar-refractivity contribution >= 4 is 23.4 Å². The van der Waals surface area contributed by atoms with E-state index >= 15 is 0 Å². The molecule has 1 aromatic rings. The molecule has 0 N–H and O–H groups in total. The highest BCUT2D eigenvalue weighted by Crippen LogP contribution is 2.22. The summed E-state index contributed by atoms with van der Waals surface area (Å²) in [6.45, 7) is 3.20. The third-order valence-corrected chi connectivity index (χ3v) is 5.64. The molecule has 5 heteroatoms. The van der Waals surface area contributed by atoms with Gasteiger partial charge in [-0.15, -0.1) is 0 Å². The molecular formula is C20H27ClN2O2. The van der Waals surface area contributed by atoms with E-state index in [-0.39, 0.29) is 11.8 Å². The van der Waals surface area contributed by atoms with Crippen LogP contribution in [-0.2, 0) is 16.0 Å². The largest absolute Gasteiger partial charge is 0.342 e. The molecule has 1 aromatic carbocycles. The molecule has 2 heterocycles. The summed E-state index contributed by atoms with van der Waals surface area (Å²) in [5, 5.41) is 0.684. The third-order valence-electron chi connectivity index (χ3n) is 5.38. The van der Waals surface area contributed by atoms with Gasteiger partial charge >= 0.3 is 0 Å². The topological polar surface area (TPSA) is 40.6 Å². The molecule has 3 rings (SSSR count). The SMILES string of the molecule is O=C(Cc1ccc(Cl)cc1)N1CCC(C(=O)N2CCCCCC2)CC1. The summed E-state index contributed by atoms with van der Waals surface area (Å²) >= 11 is 5.89. The normalized spacial score (nSPS) is 19.6. The number of likely N-dealkylation sites (tertiary alicyclic amines) is 2. The number of amides is 2. The van der Waals surface area contributed by atoms with Crippen molar-refractivity contribution in [3.8, 4) is 0 Å². The Labute approximate surface area is 155 Å². The Hall–Kier alpha value is -1.55. The maximum absolute atomic E-state index is 12.7. The first-order valence-electron chi connectivity index (χ1n) is 9.44. The molecule has 2 fully saturated rings. The number of piperidine rings is 1. The Morgan fingerprint density at radius 1 is 0.880 bits per heavy atom. The second kappa shape index (κ2) is 8.70. The van der Waals surface area contributed by atoms with E-state index in [0.29, 0.717) is 30.4 Å². The lowest BCUT2D eigenvalue weighted by Gasteiger charge is -2.34. The number of hydrogen-bond acceptors (Lipinski definition) is 2. The molecule has 0 radical (unpaired) electrons. The molecule has 2 amide bonds. The van der Waals surface area contributed by atoms with Crippen molar-refractivity contribution in [1.82, 2.24) is 9.80 Å². The number of rotatable bonds is 3. The Bertz CT molecular complexity index is 586. The zero-order valence-corrected chi connectivity index (χ0v) is 15.5. The fourth-order valence-corrected chi connectivity index (χ4v) is 3.94. The minimum atomic E-state index is 0.0951. The highest BCUT2D eigenvalue weighted by molar-refractivity contribution is 6.30. The summed E-state index contributed by atoms with van der Waals surface area (Å²) in [7, 11) is 0. The summed E-state index contributed by atoms with van der Waals surface area (Å²) in [5.74, 6) is 0.548. The van der Waals surface area contributed by atoms with Crippen LogP contribution in [0.4, 0.5) is 0 Å². The predicted octanol–water partition coefficient (Wildman–Crippen LogP) is 3.52. The van der Waals surface area contributed by atoms with Crippen LogP contribution in [0.2, 0.25) is 5.02 Å². The fourth-order valence-electron chi connectivity index (χ4n) is 3.81. The zero-order valence-electron chi connectivity index (χ0n) is 14.8. The van der Waals surface area contributed by atoms with Crippen LogP contribution in [0.15, 0.2) is 24.3 Å². The zero-order chi connectivity index (χ0) is 17.6. The second-order valence-corrected chi connectivity index (χ2v) is 7.63. The molecule has 136 valence electrons. The summed E-state index contributed by atoms with van der Waals surface area (Å²) in [6.07, 6.45) is 6.72. The number of hydrogen-bond donors (Lipinski definition) is 0. The first-order chi connectivity index (χ1) is 12.1. The van der Waals surface area contributed by atoms with Crippen LogP contribution in [0, 0.1) is 5.92 Å². The van der Waals surface area contributed by atoms with Gasteiger partial charge in [-0.2, -0.15) is 0 Å². The van der Waals surface area contributed by atoms with Gasteiger partial charge in [-0.3, -0.25) is 9.59 Å². The van der Waals surface area contributed by atoms with Gasteiger partial charge in [-0.25, -0.2) is 0 Å². The number of benzene rings is 1. The predicted molar refractivity (Wildman–Crippen MR) is 99.5 cm³/mol. The molecule has 0 bridgehead atoms. The van der Waals surface area contributed by atoms with Gasteiger partial charge in [0.1, 0.15) is 0 Å². The fraction of sp³-hybridized carbons (Fsp3) is 0.600. The highest BCUT2D eigenvalue weighted by Gasteiger charge is 2.30. The van der Waals surface area contributed by atoms with E-state index < -0.39 is 0 Å². The maximum Gasteiger partial charge on any atom is 0.226 e. The van der Waals surface area contributed by atoms with Crippen LogP contribution in [-0.4, -0.2) is 47.8 Å². The molecule has 2 aliphatic rings. The third kappa shape index (κ3) is 4.97. The van der Waals surface area contributed by atoms with E-state index in [1.165, 1.54) is 12.8 Å². The van der Waals surface area contributed by atoms with Gasteiger partial charge in [0.2, 0.25) is 11.8 Å². The number of nitrogens with zero attached hydrogens (tertiary/aromatic N) is 2. The Morgan fingerprint density at radius 2 is 1.48 bits per heavy atom. The monoisotopic (exact) mass is 362 g/mol. The lowest BCUT2D eigenvalue weighted by molar-refractivity contribution is -0.140. The van der Waals surface area contributed by atoms with Gasteiger partial charge in [-0.1, -0.05) is 36.6 Å². The lowest BCUT2D eigenvalue weighted by Crippen LogP contribution is -2.45. The van der Waals surface area contributed by atoms with Crippen molar-refractivity contribution in [2.75, 3.05) is 26.2 Å². The van der Waals surface area contributed by atoms with E-state index in [4.69, 9.17) is 11.6 Å². The van der Waals surface area contributed by atoms with E-state index in [1.54, 1.807) is 0 Å². The molecule has 0 saturated carbocycles. The molecule has 4 nitrogen and oxygen atoms in total. The van der Waals surface area contributed by atoms with Gasteiger partial charge in [0.25, 0.3) is 0 Å². The molecule has 0 atom stereocenters. The number of carbonyl (C=O) groups is 2. The molecule has 0 aromatic heterocycles. The summed E-state index contributed by atoms with van der Waals surface area (Å²) in [4.78, 5) is 29.2. The van der Waals surface area contributed by atoms with Crippen molar-refractivity contribution in [2.45, 2.75) is 44.9 Å². The average molecular weight is 363 g/mol. The van der Waals surface area contributed by atoms with Crippen molar-refractivity contribution < 1.29 is 9.59 Å². The van der Waals surface area contributed by atoms with Crippen LogP contribution in [0.3, 0.4) is 0 Å². The number of halogens is 1. The van der Waals surface area contributed by atoms with Crippen molar-refractivity contribution in [1.29, 1.82) is 0 Å². The van der Waals surface area contributed by atoms with E-state index in [1.807, 2.05) is 29.2 Å². The van der Waals surface area contributed by atoms with Gasteiger partial charge in [-0.05, 0) is 43.4 Å². The summed E-state index contributed by atoms with van der Waals surface area (Å²) in [5.41, 5.74) is 0.983. The summed E-state index contributed by atoms with van der Waals surface area (Å²) in [6, 6.07) is 7.43. The quantitative estimate of drug-likeness (QED) is 0.825. The Morgan fingerprint density at radius 3 is 2.08 bits per heavy atom. The standard InChI is InChI=1S/C20H27ClN2O2/c21-18-7-5-16(6-8-18)15-19(24)22-13-9-17(10-14-22)20(25)23-11-3-1-2-4-12-23/h5-8,17H,1-4,9-15H2. The molecule has 2 saturated heterocycles. The second-order valence-electron chi connectivity index (χ2n) is 7.20. The van der Waals surface area contributed by atoms with Crippen LogP contribution in [0.1, 0.15) is 44.1 Å². The van der Waals surface area contributed by atoms with E-state index in [0.717, 1.165) is 44.3 Å². The van der Waals surface area contributed by atoms with Gasteiger partial charge in [0.15, 0.2) is 0 Å². The lowest BCUT2D eigenvalue weighted by atomic mass is 9.94. The molecule has 0 aliphatic carbocycles. The minimum Gasteiger partial charge on any atom is -0.342 e. The van der Waals surface area contributed by atoms with Gasteiger partial charge in [0, 0.05) is 37.1 Å². The van der Waals surface area contributed by atoms with Crippen LogP contribution < -0.4 is 0 Å². The molecular weight excluding hydrogens is 336 g/mol. The maximum atomic E-state index is 12.7. The Kier molecular flexibility index (Phi) is 6.35. The molecule has 0 unspecified atom stereocenters. The average Bonchev–Trinajstić information content (AvgIpc) is 2.92. The minimum absolute atomic E-state index is 0.0951.